The second-order valence-corrected chi connectivity index (χ2v) is 3.82. The van der Waals surface area contributed by atoms with Crippen LogP contribution in [0.15, 0.2) is 16.7 Å². The summed E-state index contributed by atoms with van der Waals surface area (Å²) in [5, 5.41) is 3.92. The molecule has 2 aromatic rings. The first kappa shape index (κ1) is 11.6. The van der Waals surface area contributed by atoms with Gasteiger partial charge in [-0.15, -0.1) is 0 Å². The Labute approximate surface area is 99.6 Å². The van der Waals surface area contributed by atoms with Crippen LogP contribution in [0.2, 0.25) is 0 Å². The molecule has 2 rings (SSSR count). The number of aromatic nitrogens is 2. The van der Waals surface area contributed by atoms with E-state index in [0.29, 0.717) is 11.7 Å². The first-order chi connectivity index (χ1) is 8.17. The van der Waals surface area contributed by atoms with Gasteiger partial charge in [0.15, 0.2) is 0 Å². The lowest BCUT2D eigenvalue weighted by Crippen LogP contribution is -1.97. The van der Waals surface area contributed by atoms with Crippen molar-refractivity contribution in [3.8, 4) is 17.1 Å². The van der Waals surface area contributed by atoms with E-state index >= 15 is 0 Å². The van der Waals surface area contributed by atoms with Crippen LogP contribution in [0.1, 0.15) is 17.0 Å². The molecule has 0 aliphatic carbocycles. The fraction of sp³-hybridized carbons (Fsp3) is 0.333. The third-order valence-electron chi connectivity index (χ3n) is 2.63. The summed E-state index contributed by atoms with van der Waals surface area (Å²) in [4.78, 5) is 4.23. The Morgan fingerprint density at radius 1 is 1.29 bits per heavy atom. The van der Waals surface area contributed by atoms with Crippen molar-refractivity contribution in [3.05, 3.63) is 29.2 Å². The molecule has 1 aromatic carbocycles. The van der Waals surface area contributed by atoms with E-state index < -0.39 is 0 Å². The number of nitrogens with two attached hydrogens (primary N) is 1. The predicted octanol–water partition coefficient (Wildman–Crippen LogP) is 1.82. The second kappa shape index (κ2) is 4.55. The number of benzene rings is 1. The van der Waals surface area contributed by atoms with Crippen molar-refractivity contribution in [2.24, 2.45) is 5.73 Å². The summed E-state index contributed by atoms with van der Waals surface area (Å²) >= 11 is 0. The van der Waals surface area contributed by atoms with Crippen molar-refractivity contribution in [1.29, 1.82) is 0 Å². The van der Waals surface area contributed by atoms with Crippen LogP contribution in [0.3, 0.4) is 0 Å². The zero-order chi connectivity index (χ0) is 12.4. The molecule has 5 heteroatoms. The highest BCUT2D eigenvalue weighted by atomic mass is 16.5. The van der Waals surface area contributed by atoms with Crippen LogP contribution in [-0.2, 0) is 6.54 Å². The highest BCUT2D eigenvalue weighted by molar-refractivity contribution is 5.70. The Bertz CT molecular complexity index is 535. The lowest BCUT2D eigenvalue weighted by Gasteiger charge is -2.11. The summed E-state index contributed by atoms with van der Waals surface area (Å²) in [6, 6.07) is 4.01. The summed E-state index contributed by atoms with van der Waals surface area (Å²) in [5.41, 5.74) is 8.38. The smallest absolute Gasteiger partial charge is 0.240 e. The van der Waals surface area contributed by atoms with Crippen molar-refractivity contribution < 1.29 is 9.26 Å². The topological polar surface area (TPSA) is 74.2 Å². The van der Waals surface area contributed by atoms with Crippen molar-refractivity contribution in [2.45, 2.75) is 20.4 Å². The minimum Gasteiger partial charge on any atom is -0.496 e. The minimum absolute atomic E-state index is 0.236. The Hall–Kier alpha value is -1.88. The summed E-state index contributed by atoms with van der Waals surface area (Å²) in [7, 11) is 1.63. The molecule has 0 saturated heterocycles. The van der Waals surface area contributed by atoms with Crippen molar-refractivity contribution in [1.82, 2.24) is 10.1 Å². The highest BCUT2D eigenvalue weighted by Gasteiger charge is 2.16. The van der Waals surface area contributed by atoms with Gasteiger partial charge in [-0.2, -0.15) is 4.98 Å². The van der Waals surface area contributed by atoms with Gasteiger partial charge in [0.25, 0.3) is 0 Å². The van der Waals surface area contributed by atoms with E-state index in [9.17, 15) is 0 Å². The van der Waals surface area contributed by atoms with Gasteiger partial charge in [0, 0.05) is 0 Å². The first-order valence-corrected chi connectivity index (χ1v) is 5.34. The number of rotatable bonds is 3. The van der Waals surface area contributed by atoms with Gasteiger partial charge in [0.1, 0.15) is 5.75 Å². The number of methoxy groups -OCH3 is 1. The molecule has 0 aliphatic heterocycles. The van der Waals surface area contributed by atoms with E-state index in [1.165, 1.54) is 0 Å². The fourth-order valence-corrected chi connectivity index (χ4v) is 1.77. The maximum absolute atomic E-state index is 5.45. The monoisotopic (exact) mass is 233 g/mol. The molecule has 0 spiro atoms. The van der Waals surface area contributed by atoms with E-state index in [2.05, 4.69) is 10.1 Å². The average molecular weight is 233 g/mol. The molecule has 0 amide bonds. The fourth-order valence-electron chi connectivity index (χ4n) is 1.77. The molecule has 1 aromatic heterocycles. The molecule has 0 atom stereocenters. The van der Waals surface area contributed by atoms with Crippen molar-refractivity contribution in [2.75, 3.05) is 7.11 Å². The Morgan fingerprint density at radius 3 is 2.59 bits per heavy atom. The van der Waals surface area contributed by atoms with E-state index in [4.69, 9.17) is 15.0 Å². The molecule has 0 fully saturated rings. The average Bonchev–Trinajstić information content (AvgIpc) is 2.80. The van der Waals surface area contributed by atoms with E-state index in [-0.39, 0.29) is 6.54 Å². The van der Waals surface area contributed by atoms with Crippen LogP contribution >= 0.6 is 0 Å². The highest BCUT2D eigenvalue weighted by Crippen LogP contribution is 2.33. The van der Waals surface area contributed by atoms with E-state index in [1.54, 1.807) is 7.11 Å². The van der Waals surface area contributed by atoms with Gasteiger partial charge in [0.05, 0.1) is 19.2 Å². The van der Waals surface area contributed by atoms with E-state index in [1.807, 2.05) is 26.0 Å². The van der Waals surface area contributed by atoms with Crippen LogP contribution in [0.4, 0.5) is 0 Å². The zero-order valence-corrected chi connectivity index (χ0v) is 10.2. The van der Waals surface area contributed by atoms with Gasteiger partial charge in [-0.05, 0) is 25.0 Å². The van der Waals surface area contributed by atoms with Gasteiger partial charge in [-0.1, -0.05) is 17.3 Å². The number of ether oxygens (including phenoxy) is 1. The summed E-state index contributed by atoms with van der Waals surface area (Å²) < 4.78 is 10.4. The van der Waals surface area contributed by atoms with Gasteiger partial charge >= 0.3 is 0 Å². The Balaban J connectivity index is 2.60. The third-order valence-corrected chi connectivity index (χ3v) is 2.63. The van der Waals surface area contributed by atoms with Crippen LogP contribution in [-0.4, -0.2) is 17.3 Å². The largest absolute Gasteiger partial charge is 0.496 e. The molecular formula is C12H15N3O2. The standard InChI is InChI=1S/C12H15N3O2/c1-7-4-5-8(2)11(16-3)10(7)12-14-9(6-13)17-15-12/h4-5H,6,13H2,1-3H3. The quantitative estimate of drug-likeness (QED) is 0.875. The van der Waals surface area contributed by atoms with E-state index in [0.717, 1.165) is 22.4 Å². The molecular weight excluding hydrogens is 218 g/mol. The number of aryl methyl sites for hydroxylation is 2. The molecule has 5 nitrogen and oxygen atoms in total. The molecule has 2 N–H and O–H groups in total. The van der Waals surface area contributed by atoms with Crippen LogP contribution in [0.25, 0.3) is 11.4 Å². The minimum atomic E-state index is 0.236. The number of nitrogens with zero attached hydrogens (tertiary/aromatic N) is 2. The molecule has 0 saturated carbocycles. The molecule has 17 heavy (non-hydrogen) atoms. The zero-order valence-electron chi connectivity index (χ0n) is 10.2. The normalized spacial score (nSPS) is 10.6. The Kier molecular flexibility index (Phi) is 3.10. The van der Waals surface area contributed by atoms with Crippen molar-refractivity contribution >= 4 is 0 Å². The van der Waals surface area contributed by atoms with Crippen LogP contribution in [0, 0.1) is 13.8 Å². The number of hydrogen-bond donors (Lipinski definition) is 1. The summed E-state index contributed by atoms with van der Waals surface area (Å²) in [5.74, 6) is 1.71. The molecule has 0 radical (unpaired) electrons. The molecule has 1 heterocycles. The summed E-state index contributed by atoms with van der Waals surface area (Å²) in [6.07, 6.45) is 0. The SMILES string of the molecule is COc1c(C)ccc(C)c1-c1noc(CN)n1. The maximum atomic E-state index is 5.45. The molecule has 0 aliphatic rings. The third kappa shape index (κ3) is 2.01. The molecule has 0 bridgehead atoms. The molecule has 90 valence electrons. The van der Waals surface area contributed by atoms with Crippen molar-refractivity contribution in [3.63, 3.8) is 0 Å². The second-order valence-electron chi connectivity index (χ2n) is 3.82. The van der Waals surface area contributed by atoms with Crippen LogP contribution in [0.5, 0.6) is 5.75 Å². The predicted molar refractivity (Wildman–Crippen MR) is 63.7 cm³/mol. The van der Waals surface area contributed by atoms with Gasteiger partial charge in [-0.25, -0.2) is 0 Å². The van der Waals surface area contributed by atoms with Gasteiger partial charge in [-0.3, -0.25) is 0 Å². The Morgan fingerprint density at radius 2 is 2.00 bits per heavy atom. The van der Waals surface area contributed by atoms with Gasteiger partial charge in [0.2, 0.25) is 11.7 Å². The summed E-state index contributed by atoms with van der Waals surface area (Å²) in [6.45, 7) is 4.20. The molecule has 0 unspecified atom stereocenters. The lowest BCUT2D eigenvalue weighted by molar-refractivity contribution is 0.379. The number of hydrogen-bond acceptors (Lipinski definition) is 5. The first-order valence-electron chi connectivity index (χ1n) is 5.34. The lowest BCUT2D eigenvalue weighted by atomic mass is 10.0. The van der Waals surface area contributed by atoms with Crippen LogP contribution < -0.4 is 10.5 Å². The maximum Gasteiger partial charge on any atom is 0.240 e. The van der Waals surface area contributed by atoms with Gasteiger partial charge < -0.3 is 15.0 Å².